The number of methoxy groups -OCH3 is 2. The number of hydrogen-bond donors (Lipinski definition) is 0. The van der Waals surface area contributed by atoms with E-state index in [-0.39, 0.29) is 6.10 Å². The second-order valence-electron chi connectivity index (χ2n) is 6.75. The predicted octanol–water partition coefficient (Wildman–Crippen LogP) is 3.83. The number of fused-ring (bicyclic) bond motifs is 1. The summed E-state index contributed by atoms with van der Waals surface area (Å²) >= 11 is 0. The summed E-state index contributed by atoms with van der Waals surface area (Å²) in [6.07, 6.45) is 1.86. The average molecular weight is 364 g/mol. The summed E-state index contributed by atoms with van der Waals surface area (Å²) in [6.45, 7) is 3.26. The van der Waals surface area contributed by atoms with Gasteiger partial charge in [0, 0.05) is 31.9 Å². The van der Waals surface area contributed by atoms with Gasteiger partial charge in [-0.25, -0.2) is 0 Å². The van der Waals surface area contributed by atoms with Gasteiger partial charge in [0.1, 0.15) is 11.5 Å². The summed E-state index contributed by atoms with van der Waals surface area (Å²) in [5.41, 5.74) is 2.22. The maximum atomic E-state index is 6.06. The first kappa shape index (κ1) is 17.8. The van der Waals surface area contributed by atoms with Crippen molar-refractivity contribution >= 4 is 10.8 Å². The van der Waals surface area contributed by atoms with E-state index in [1.54, 1.807) is 20.4 Å². The minimum Gasteiger partial charge on any atom is -0.497 e. The minimum atomic E-state index is 0.0656. The molecule has 1 aliphatic heterocycles. The number of nitrogens with zero attached hydrogens (tertiary/aromatic N) is 2. The van der Waals surface area contributed by atoms with Crippen molar-refractivity contribution in [1.82, 2.24) is 9.88 Å². The maximum Gasteiger partial charge on any atom is 0.122 e. The molecule has 1 atom stereocenters. The highest BCUT2D eigenvalue weighted by molar-refractivity contribution is 5.84. The van der Waals surface area contributed by atoms with Crippen LogP contribution < -0.4 is 9.47 Å². The lowest BCUT2D eigenvalue weighted by atomic mass is 10.0. The van der Waals surface area contributed by atoms with Gasteiger partial charge in [0.25, 0.3) is 0 Å². The first-order chi connectivity index (χ1) is 13.2. The van der Waals surface area contributed by atoms with Gasteiger partial charge >= 0.3 is 0 Å². The van der Waals surface area contributed by atoms with Gasteiger partial charge in [-0.1, -0.05) is 18.2 Å². The van der Waals surface area contributed by atoms with Gasteiger partial charge in [0.2, 0.25) is 0 Å². The lowest BCUT2D eigenvalue weighted by Gasteiger charge is -2.33. The minimum absolute atomic E-state index is 0.0656. The molecule has 0 radical (unpaired) electrons. The van der Waals surface area contributed by atoms with Gasteiger partial charge in [-0.3, -0.25) is 9.88 Å². The van der Waals surface area contributed by atoms with Crippen LogP contribution in [0.25, 0.3) is 10.8 Å². The fourth-order valence-corrected chi connectivity index (χ4v) is 3.52. The lowest BCUT2D eigenvalue weighted by Crippen LogP contribution is -2.38. The molecule has 5 nitrogen and oxygen atoms in total. The molecular weight excluding hydrogens is 340 g/mol. The SMILES string of the molecule is COc1ccnc(CN2CCO[C@@H](c3ccc4cc(OC)ccc4c3)C2)c1. The van der Waals surface area contributed by atoms with E-state index in [0.717, 1.165) is 43.4 Å². The number of aromatic nitrogens is 1. The van der Waals surface area contributed by atoms with Crippen molar-refractivity contribution in [1.29, 1.82) is 0 Å². The van der Waals surface area contributed by atoms with Crippen LogP contribution in [0.5, 0.6) is 11.5 Å². The Labute approximate surface area is 159 Å². The first-order valence-electron chi connectivity index (χ1n) is 9.16. The third kappa shape index (κ3) is 4.04. The monoisotopic (exact) mass is 364 g/mol. The van der Waals surface area contributed by atoms with E-state index < -0.39 is 0 Å². The standard InChI is InChI=1S/C22H24N2O3/c1-25-20-6-5-16-11-18(4-3-17(16)12-20)22-15-24(9-10-27-22)14-19-13-21(26-2)7-8-23-19/h3-8,11-13,22H,9-10,14-15H2,1-2H3/t22-/m1/s1. The lowest BCUT2D eigenvalue weighted by molar-refractivity contribution is -0.0332. The van der Waals surface area contributed by atoms with E-state index in [0.29, 0.717) is 0 Å². The fourth-order valence-electron chi connectivity index (χ4n) is 3.52. The third-order valence-electron chi connectivity index (χ3n) is 5.00. The Hall–Kier alpha value is -2.63. The Kier molecular flexibility index (Phi) is 5.23. The Bertz CT molecular complexity index is 928. The molecule has 0 bridgehead atoms. The van der Waals surface area contributed by atoms with E-state index in [2.05, 4.69) is 40.2 Å². The van der Waals surface area contributed by atoms with Gasteiger partial charge in [0.05, 0.1) is 32.6 Å². The van der Waals surface area contributed by atoms with Crippen molar-refractivity contribution < 1.29 is 14.2 Å². The zero-order valence-electron chi connectivity index (χ0n) is 15.7. The molecule has 5 heteroatoms. The van der Waals surface area contributed by atoms with Crippen molar-refractivity contribution in [3.63, 3.8) is 0 Å². The molecule has 0 amide bonds. The molecule has 4 rings (SSSR count). The summed E-state index contributed by atoms with van der Waals surface area (Å²) in [5, 5.41) is 2.37. The summed E-state index contributed by atoms with van der Waals surface area (Å²) < 4.78 is 16.7. The molecule has 27 heavy (non-hydrogen) atoms. The quantitative estimate of drug-likeness (QED) is 0.688. The summed E-state index contributed by atoms with van der Waals surface area (Å²) in [7, 11) is 3.37. The zero-order chi connectivity index (χ0) is 18.6. The molecule has 0 aliphatic carbocycles. The Morgan fingerprint density at radius 3 is 2.63 bits per heavy atom. The highest BCUT2D eigenvalue weighted by atomic mass is 16.5. The molecule has 0 N–H and O–H groups in total. The normalized spacial score (nSPS) is 17.8. The van der Waals surface area contributed by atoms with Crippen LogP contribution in [0.2, 0.25) is 0 Å². The van der Waals surface area contributed by atoms with Crippen LogP contribution in [0.15, 0.2) is 54.7 Å². The smallest absolute Gasteiger partial charge is 0.122 e. The highest BCUT2D eigenvalue weighted by Gasteiger charge is 2.22. The average Bonchev–Trinajstić information content (AvgIpc) is 2.73. The van der Waals surface area contributed by atoms with Gasteiger partial charge in [-0.2, -0.15) is 0 Å². The molecule has 1 saturated heterocycles. The van der Waals surface area contributed by atoms with Crippen LogP contribution in [0.4, 0.5) is 0 Å². The molecule has 3 aromatic rings. The molecule has 0 unspecified atom stereocenters. The third-order valence-corrected chi connectivity index (χ3v) is 5.00. The molecular formula is C22H24N2O3. The Balaban J connectivity index is 1.49. The van der Waals surface area contributed by atoms with Gasteiger partial charge < -0.3 is 14.2 Å². The topological polar surface area (TPSA) is 43.8 Å². The van der Waals surface area contributed by atoms with Crippen molar-refractivity contribution in [3.8, 4) is 11.5 Å². The van der Waals surface area contributed by atoms with E-state index in [9.17, 15) is 0 Å². The van der Waals surface area contributed by atoms with Crippen molar-refractivity contribution in [3.05, 3.63) is 66.0 Å². The van der Waals surface area contributed by atoms with E-state index in [1.807, 2.05) is 18.2 Å². The number of ether oxygens (including phenoxy) is 3. The van der Waals surface area contributed by atoms with Gasteiger partial charge in [-0.05, 0) is 40.6 Å². The van der Waals surface area contributed by atoms with Crippen molar-refractivity contribution in [2.24, 2.45) is 0 Å². The zero-order valence-corrected chi connectivity index (χ0v) is 15.7. The molecule has 1 fully saturated rings. The van der Waals surface area contributed by atoms with Crippen LogP contribution in [0.3, 0.4) is 0 Å². The van der Waals surface area contributed by atoms with Gasteiger partial charge in [-0.15, -0.1) is 0 Å². The molecule has 0 saturated carbocycles. The second-order valence-corrected chi connectivity index (χ2v) is 6.75. The molecule has 0 spiro atoms. The van der Waals surface area contributed by atoms with Crippen LogP contribution in [0, 0.1) is 0 Å². The van der Waals surface area contributed by atoms with Crippen LogP contribution in [-0.2, 0) is 11.3 Å². The van der Waals surface area contributed by atoms with Crippen LogP contribution >= 0.6 is 0 Å². The number of hydrogen-bond acceptors (Lipinski definition) is 5. The summed E-state index contributed by atoms with van der Waals surface area (Å²) in [6, 6.07) is 16.5. The number of rotatable bonds is 5. The predicted molar refractivity (Wildman–Crippen MR) is 105 cm³/mol. The molecule has 2 heterocycles. The number of pyridine rings is 1. The molecule has 2 aromatic carbocycles. The van der Waals surface area contributed by atoms with E-state index in [4.69, 9.17) is 14.2 Å². The molecule has 1 aromatic heterocycles. The molecule has 1 aliphatic rings. The first-order valence-corrected chi connectivity index (χ1v) is 9.16. The number of benzene rings is 2. The van der Waals surface area contributed by atoms with Crippen molar-refractivity contribution in [2.75, 3.05) is 33.9 Å². The number of morpholine rings is 1. The highest BCUT2D eigenvalue weighted by Crippen LogP contribution is 2.28. The summed E-state index contributed by atoms with van der Waals surface area (Å²) in [5.74, 6) is 1.72. The van der Waals surface area contributed by atoms with Gasteiger partial charge in [0.15, 0.2) is 0 Å². The van der Waals surface area contributed by atoms with Crippen molar-refractivity contribution in [2.45, 2.75) is 12.6 Å². The Morgan fingerprint density at radius 2 is 1.78 bits per heavy atom. The molecule has 140 valence electrons. The Morgan fingerprint density at radius 1 is 1.00 bits per heavy atom. The largest absolute Gasteiger partial charge is 0.497 e. The maximum absolute atomic E-state index is 6.06. The second kappa shape index (κ2) is 7.94. The van der Waals surface area contributed by atoms with E-state index in [1.165, 1.54) is 16.3 Å². The fraction of sp³-hybridized carbons (Fsp3) is 0.318. The summed E-state index contributed by atoms with van der Waals surface area (Å²) in [4.78, 5) is 6.85. The van der Waals surface area contributed by atoms with Crippen LogP contribution in [-0.4, -0.2) is 43.8 Å². The van der Waals surface area contributed by atoms with E-state index >= 15 is 0 Å². The van der Waals surface area contributed by atoms with Crippen LogP contribution in [0.1, 0.15) is 17.4 Å².